The number of carboxylic acid groups (broad SMARTS) is 1. The second kappa shape index (κ2) is 4.61. The molecule has 1 rings (SSSR count). The van der Waals surface area contributed by atoms with Crippen LogP contribution in [0.3, 0.4) is 0 Å². The van der Waals surface area contributed by atoms with E-state index >= 15 is 0 Å². The molecule has 0 radical (unpaired) electrons. The molecule has 0 spiro atoms. The Morgan fingerprint density at radius 2 is 2.06 bits per heavy atom. The van der Waals surface area contributed by atoms with Crippen molar-refractivity contribution in [1.29, 1.82) is 0 Å². The summed E-state index contributed by atoms with van der Waals surface area (Å²) >= 11 is 0. The van der Waals surface area contributed by atoms with Crippen LogP contribution >= 0.6 is 0 Å². The van der Waals surface area contributed by atoms with Crippen molar-refractivity contribution in [3.63, 3.8) is 0 Å². The summed E-state index contributed by atoms with van der Waals surface area (Å²) in [6.45, 7) is 2.38. The Hall–Kier alpha value is -2.11. The van der Waals surface area contributed by atoms with Gasteiger partial charge >= 0.3 is 11.9 Å². The van der Waals surface area contributed by atoms with Gasteiger partial charge in [0.25, 0.3) is 5.56 Å². The Labute approximate surface area is 91.1 Å². The molecule has 0 fully saturated rings. The lowest BCUT2D eigenvalue weighted by molar-refractivity contribution is -0.138. The van der Waals surface area contributed by atoms with Crippen LogP contribution in [0.4, 0.5) is 0 Å². The summed E-state index contributed by atoms with van der Waals surface area (Å²) in [5.74, 6) is -1.52. The average molecular weight is 225 g/mol. The van der Waals surface area contributed by atoms with Crippen LogP contribution in [-0.4, -0.2) is 21.6 Å². The van der Waals surface area contributed by atoms with Gasteiger partial charge in [-0.2, -0.15) is 0 Å². The number of aliphatic carboxylic acids is 1. The Morgan fingerprint density at radius 3 is 2.50 bits per heavy atom. The first-order chi connectivity index (χ1) is 7.40. The van der Waals surface area contributed by atoms with Crippen molar-refractivity contribution in [1.82, 2.24) is 4.57 Å². The summed E-state index contributed by atoms with van der Waals surface area (Å²) in [5, 5.41) is 8.59. The molecule has 16 heavy (non-hydrogen) atoms. The highest BCUT2D eigenvalue weighted by Gasteiger charge is 2.08. The molecule has 86 valence electrons. The van der Waals surface area contributed by atoms with E-state index in [0.29, 0.717) is 5.69 Å². The van der Waals surface area contributed by atoms with Crippen LogP contribution in [0.1, 0.15) is 12.6 Å². The van der Waals surface area contributed by atoms with Gasteiger partial charge in [-0.1, -0.05) is 0 Å². The van der Waals surface area contributed by atoms with Crippen molar-refractivity contribution in [2.45, 2.75) is 20.4 Å². The molecule has 1 N–H and O–H groups in total. The zero-order valence-electron chi connectivity index (χ0n) is 8.89. The monoisotopic (exact) mass is 225 g/mol. The number of esters is 1. The number of carboxylic acids is 1. The second-order valence-electron chi connectivity index (χ2n) is 3.24. The van der Waals surface area contributed by atoms with Crippen molar-refractivity contribution in [2.75, 3.05) is 0 Å². The van der Waals surface area contributed by atoms with Crippen LogP contribution < -0.4 is 10.3 Å². The van der Waals surface area contributed by atoms with Gasteiger partial charge in [-0.3, -0.25) is 14.4 Å². The van der Waals surface area contributed by atoms with Gasteiger partial charge in [0, 0.05) is 24.8 Å². The summed E-state index contributed by atoms with van der Waals surface area (Å²) in [5.41, 5.74) is -0.0928. The minimum Gasteiger partial charge on any atom is -0.480 e. The molecule has 0 aliphatic heterocycles. The maximum Gasteiger partial charge on any atom is 0.323 e. The normalized spacial score (nSPS) is 9.88. The van der Waals surface area contributed by atoms with Gasteiger partial charge in [0.1, 0.15) is 12.3 Å². The fourth-order valence-electron chi connectivity index (χ4n) is 1.26. The van der Waals surface area contributed by atoms with Crippen molar-refractivity contribution < 1.29 is 19.4 Å². The summed E-state index contributed by atoms with van der Waals surface area (Å²) in [6, 6.07) is 2.52. The number of carbonyl (C=O) groups is 2. The molecule has 1 heterocycles. The number of ether oxygens (including phenoxy) is 1. The number of pyridine rings is 1. The molecular weight excluding hydrogens is 214 g/mol. The average Bonchev–Trinajstić information content (AvgIpc) is 2.10. The highest BCUT2D eigenvalue weighted by molar-refractivity contribution is 5.69. The minimum absolute atomic E-state index is 0.122. The zero-order valence-corrected chi connectivity index (χ0v) is 8.89. The number of aryl methyl sites for hydroxylation is 1. The van der Waals surface area contributed by atoms with Crippen LogP contribution in [0.2, 0.25) is 0 Å². The van der Waals surface area contributed by atoms with Crippen LogP contribution in [0.25, 0.3) is 0 Å². The summed E-state index contributed by atoms with van der Waals surface area (Å²) in [6.07, 6.45) is 0. The number of hydrogen-bond acceptors (Lipinski definition) is 4. The number of hydrogen-bond donors (Lipinski definition) is 1. The van der Waals surface area contributed by atoms with Crippen molar-refractivity contribution in [3.05, 3.63) is 28.2 Å². The van der Waals surface area contributed by atoms with Gasteiger partial charge in [-0.25, -0.2) is 0 Å². The topological polar surface area (TPSA) is 85.6 Å². The molecule has 0 saturated heterocycles. The second-order valence-corrected chi connectivity index (χ2v) is 3.24. The smallest absolute Gasteiger partial charge is 0.323 e. The summed E-state index contributed by atoms with van der Waals surface area (Å²) < 4.78 is 5.81. The third-order valence-corrected chi connectivity index (χ3v) is 1.86. The van der Waals surface area contributed by atoms with Crippen molar-refractivity contribution >= 4 is 11.9 Å². The lowest BCUT2D eigenvalue weighted by Crippen LogP contribution is -2.25. The van der Waals surface area contributed by atoms with Gasteiger partial charge in [0.05, 0.1) is 0 Å². The third-order valence-electron chi connectivity index (χ3n) is 1.86. The first-order valence-electron chi connectivity index (χ1n) is 4.52. The van der Waals surface area contributed by atoms with Crippen LogP contribution in [0, 0.1) is 6.92 Å². The molecule has 0 unspecified atom stereocenters. The van der Waals surface area contributed by atoms with E-state index in [1.54, 1.807) is 6.92 Å². The Bertz CT molecular complexity index is 488. The fourth-order valence-corrected chi connectivity index (χ4v) is 1.26. The largest absolute Gasteiger partial charge is 0.480 e. The van der Waals surface area contributed by atoms with E-state index in [2.05, 4.69) is 0 Å². The van der Waals surface area contributed by atoms with Crippen LogP contribution in [-0.2, 0) is 16.1 Å². The molecule has 0 saturated carbocycles. The molecule has 0 atom stereocenters. The fraction of sp³-hybridized carbons (Fsp3) is 0.300. The molecular formula is C10H11NO5. The first kappa shape index (κ1) is 12.0. The maximum absolute atomic E-state index is 11.5. The molecule has 0 bridgehead atoms. The first-order valence-corrected chi connectivity index (χ1v) is 4.52. The number of carbonyl (C=O) groups excluding carboxylic acids is 1. The lowest BCUT2D eigenvalue weighted by atomic mass is 10.3. The lowest BCUT2D eigenvalue weighted by Gasteiger charge is -2.08. The van der Waals surface area contributed by atoms with Crippen LogP contribution in [0.15, 0.2) is 16.9 Å². The van der Waals surface area contributed by atoms with E-state index < -0.39 is 24.0 Å². The molecule has 6 nitrogen and oxygen atoms in total. The minimum atomic E-state index is -1.11. The van der Waals surface area contributed by atoms with E-state index in [1.165, 1.54) is 13.0 Å². The summed E-state index contributed by atoms with van der Waals surface area (Å²) in [4.78, 5) is 32.7. The van der Waals surface area contributed by atoms with Crippen molar-refractivity contribution in [2.24, 2.45) is 0 Å². The maximum atomic E-state index is 11.5. The van der Waals surface area contributed by atoms with E-state index in [-0.39, 0.29) is 5.75 Å². The van der Waals surface area contributed by atoms with Gasteiger partial charge in [0.15, 0.2) is 0 Å². The van der Waals surface area contributed by atoms with Crippen molar-refractivity contribution in [3.8, 4) is 5.75 Å². The number of nitrogens with zero attached hydrogens (tertiary/aromatic N) is 1. The van der Waals surface area contributed by atoms with E-state index in [9.17, 15) is 14.4 Å². The Balaban J connectivity index is 3.12. The summed E-state index contributed by atoms with van der Waals surface area (Å²) in [7, 11) is 0. The molecule has 0 aliphatic rings. The van der Waals surface area contributed by atoms with Gasteiger partial charge in [-0.15, -0.1) is 0 Å². The highest BCUT2D eigenvalue weighted by atomic mass is 16.5. The standard InChI is InChI=1S/C10H11NO5/c1-6-3-8(16-7(2)12)4-9(13)11(6)5-10(14)15/h3-4H,5H2,1-2H3,(H,14,15). The third kappa shape index (κ3) is 2.94. The van der Waals surface area contributed by atoms with Gasteiger partial charge < -0.3 is 14.4 Å². The Kier molecular flexibility index (Phi) is 3.44. The molecule has 1 aromatic rings. The molecule has 0 aromatic carbocycles. The molecule has 0 amide bonds. The predicted octanol–water partition coefficient (Wildman–Crippen LogP) is 0.167. The quantitative estimate of drug-likeness (QED) is 0.741. The van der Waals surface area contributed by atoms with Gasteiger partial charge in [0.2, 0.25) is 0 Å². The number of aromatic nitrogens is 1. The van der Waals surface area contributed by atoms with E-state index in [4.69, 9.17) is 9.84 Å². The SMILES string of the molecule is CC(=O)Oc1cc(C)n(CC(=O)O)c(=O)c1. The molecule has 0 aliphatic carbocycles. The number of rotatable bonds is 3. The van der Waals surface area contributed by atoms with E-state index in [0.717, 1.165) is 10.6 Å². The molecule has 1 aromatic heterocycles. The van der Waals surface area contributed by atoms with E-state index in [1.807, 2.05) is 0 Å². The zero-order chi connectivity index (χ0) is 12.3. The predicted molar refractivity (Wildman–Crippen MR) is 54.4 cm³/mol. The van der Waals surface area contributed by atoms with Gasteiger partial charge in [-0.05, 0) is 6.92 Å². The highest BCUT2D eigenvalue weighted by Crippen LogP contribution is 2.09. The Morgan fingerprint density at radius 1 is 1.44 bits per heavy atom. The van der Waals surface area contributed by atoms with Crippen LogP contribution in [0.5, 0.6) is 5.75 Å². The molecule has 6 heteroatoms.